The zero-order chi connectivity index (χ0) is 9.94. The fourth-order valence-corrected chi connectivity index (χ4v) is 1.28. The number of hydrogen-bond acceptors (Lipinski definition) is 1. The largest absolute Gasteiger partial charge is 0.381 e. The van der Waals surface area contributed by atoms with Gasteiger partial charge in [-0.2, -0.15) is 0 Å². The van der Waals surface area contributed by atoms with Crippen molar-refractivity contribution in [2.24, 2.45) is 5.92 Å². The van der Waals surface area contributed by atoms with E-state index >= 15 is 0 Å². The highest BCUT2D eigenvalue weighted by Gasteiger charge is 1.94. The van der Waals surface area contributed by atoms with Crippen LogP contribution in [0.2, 0.25) is 0 Å². The van der Waals surface area contributed by atoms with Crippen LogP contribution in [0.15, 0.2) is 0 Å². The maximum Gasteiger partial charge on any atom is 0.0466 e. The molecular weight excluding hydrogens is 160 g/mol. The zero-order valence-corrected chi connectivity index (χ0v) is 9.64. The van der Waals surface area contributed by atoms with Crippen LogP contribution >= 0.6 is 0 Å². The smallest absolute Gasteiger partial charge is 0.0466 e. The molecule has 1 nitrogen and oxygen atoms in total. The molecule has 0 aliphatic heterocycles. The fraction of sp³-hybridized carbons (Fsp3) is 1.00. The van der Waals surface area contributed by atoms with Crippen molar-refractivity contribution < 1.29 is 4.74 Å². The summed E-state index contributed by atoms with van der Waals surface area (Å²) in [5, 5.41) is 0. The molecule has 0 N–H and O–H groups in total. The van der Waals surface area contributed by atoms with E-state index in [9.17, 15) is 0 Å². The Hall–Kier alpha value is -0.0400. The van der Waals surface area contributed by atoms with E-state index in [1.54, 1.807) is 0 Å². The molecule has 0 amide bonds. The molecule has 13 heavy (non-hydrogen) atoms. The molecule has 0 saturated heterocycles. The van der Waals surface area contributed by atoms with E-state index in [2.05, 4.69) is 20.8 Å². The summed E-state index contributed by atoms with van der Waals surface area (Å²) in [7, 11) is 0. The van der Waals surface area contributed by atoms with Gasteiger partial charge in [-0.1, -0.05) is 46.5 Å². The minimum absolute atomic E-state index is 0.862. The van der Waals surface area contributed by atoms with Gasteiger partial charge in [0.05, 0.1) is 0 Å². The van der Waals surface area contributed by atoms with Crippen LogP contribution in [0.3, 0.4) is 0 Å². The molecule has 0 aromatic carbocycles. The van der Waals surface area contributed by atoms with Crippen molar-refractivity contribution in [3.63, 3.8) is 0 Å². The Balaban J connectivity index is 2.84. The molecule has 0 saturated carbocycles. The molecule has 0 aromatic heterocycles. The van der Waals surface area contributed by atoms with Crippen LogP contribution in [-0.4, -0.2) is 13.2 Å². The van der Waals surface area contributed by atoms with Crippen molar-refractivity contribution in [1.29, 1.82) is 0 Å². The Bertz CT molecular complexity index is 89.1. The van der Waals surface area contributed by atoms with E-state index in [-0.39, 0.29) is 0 Å². The Morgan fingerprint density at radius 2 is 1.62 bits per heavy atom. The Labute approximate surface area is 83.9 Å². The molecule has 0 aromatic rings. The quantitative estimate of drug-likeness (QED) is 0.494. The predicted octanol–water partition coefficient (Wildman–Crippen LogP) is 4.02. The summed E-state index contributed by atoms with van der Waals surface area (Å²) in [4.78, 5) is 0. The first kappa shape index (κ1) is 13.0. The van der Waals surface area contributed by atoms with E-state index in [1.165, 1.54) is 38.5 Å². The normalized spacial score (nSPS) is 11.1. The Morgan fingerprint density at radius 3 is 2.23 bits per heavy atom. The molecule has 0 spiro atoms. The van der Waals surface area contributed by atoms with Crippen LogP contribution in [0, 0.1) is 5.92 Å². The van der Waals surface area contributed by atoms with Gasteiger partial charge < -0.3 is 4.74 Å². The van der Waals surface area contributed by atoms with Gasteiger partial charge in [-0.05, 0) is 18.8 Å². The number of hydrogen-bond donors (Lipinski definition) is 0. The molecule has 1 heteroatoms. The third-order valence-corrected chi connectivity index (χ3v) is 2.21. The van der Waals surface area contributed by atoms with Crippen molar-refractivity contribution in [2.45, 2.75) is 59.3 Å². The predicted molar refractivity (Wildman–Crippen MR) is 59.0 cm³/mol. The summed E-state index contributed by atoms with van der Waals surface area (Å²) < 4.78 is 5.48. The highest BCUT2D eigenvalue weighted by molar-refractivity contribution is 4.47. The lowest BCUT2D eigenvalue weighted by Crippen LogP contribution is -1.97. The average molecular weight is 186 g/mol. The summed E-state index contributed by atoms with van der Waals surface area (Å²) >= 11 is 0. The monoisotopic (exact) mass is 186 g/mol. The van der Waals surface area contributed by atoms with Gasteiger partial charge in [-0.15, -0.1) is 0 Å². The van der Waals surface area contributed by atoms with Gasteiger partial charge in [-0.25, -0.2) is 0 Å². The molecule has 0 rings (SSSR count). The van der Waals surface area contributed by atoms with E-state index in [4.69, 9.17) is 4.74 Å². The summed E-state index contributed by atoms with van der Waals surface area (Å²) in [5.41, 5.74) is 0. The van der Waals surface area contributed by atoms with Gasteiger partial charge in [0.2, 0.25) is 0 Å². The van der Waals surface area contributed by atoms with E-state index in [0.29, 0.717) is 0 Å². The molecular formula is C12H26O. The van der Waals surface area contributed by atoms with Crippen LogP contribution in [0.4, 0.5) is 0 Å². The van der Waals surface area contributed by atoms with Crippen LogP contribution in [0.25, 0.3) is 0 Å². The minimum atomic E-state index is 0.862. The molecule has 0 fully saturated rings. The Kier molecular flexibility index (Phi) is 10.0. The maximum atomic E-state index is 5.48. The van der Waals surface area contributed by atoms with Crippen molar-refractivity contribution in [3.05, 3.63) is 0 Å². The molecule has 80 valence electrons. The molecule has 0 bridgehead atoms. The molecule has 0 radical (unpaired) electrons. The van der Waals surface area contributed by atoms with Gasteiger partial charge in [0, 0.05) is 13.2 Å². The second-order valence-corrected chi connectivity index (χ2v) is 4.21. The lowest BCUT2D eigenvalue weighted by atomic mass is 10.1. The standard InChI is InChI=1S/C12H26O/c1-4-5-10-13-11-8-6-7-9-12(2)3/h12H,4-11H2,1-3H3. The van der Waals surface area contributed by atoms with Crippen LogP contribution in [0.5, 0.6) is 0 Å². The summed E-state index contributed by atoms with van der Waals surface area (Å²) in [6, 6.07) is 0. The first-order valence-corrected chi connectivity index (χ1v) is 5.85. The van der Waals surface area contributed by atoms with Crippen LogP contribution < -0.4 is 0 Å². The van der Waals surface area contributed by atoms with Crippen molar-refractivity contribution in [2.75, 3.05) is 13.2 Å². The number of ether oxygens (including phenoxy) is 1. The molecule has 0 atom stereocenters. The zero-order valence-electron chi connectivity index (χ0n) is 9.64. The maximum absolute atomic E-state index is 5.48. The average Bonchev–Trinajstić information content (AvgIpc) is 2.09. The lowest BCUT2D eigenvalue weighted by molar-refractivity contribution is 0.127. The second kappa shape index (κ2) is 10.0. The van der Waals surface area contributed by atoms with Crippen molar-refractivity contribution in [3.8, 4) is 0 Å². The molecule has 0 aliphatic carbocycles. The SMILES string of the molecule is CCCCOCCCCCC(C)C. The minimum Gasteiger partial charge on any atom is -0.381 e. The highest BCUT2D eigenvalue weighted by atomic mass is 16.5. The van der Waals surface area contributed by atoms with Crippen LogP contribution in [0.1, 0.15) is 59.3 Å². The summed E-state index contributed by atoms with van der Waals surface area (Å²) in [6.45, 7) is 8.71. The van der Waals surface area contributed by atoms with Gasteiger partial charge >= 0.3 is 0 Å². The van der Waals surface area contributed by atoms with E-state index in [0.717, 1.165) is 19.1 Å². The third-order valence-electron chi connectivity index (χ3n) is 2.21. The highest BCUT2D eigenvalue weighted by Crippen LogP contribution is 2.07. The lowest BCUT2D eigenvalue weighted by Gasteiger charge is -2.05. The molecule has 0 aliphatic rings. The van der Waals surface area contributed by atoms with Crippen LogP contribution in [-0.2, 0) is 4.74 Å². The molecule has 0 unspecified atom stereocenters. The topological polar surface area (TPSA) is 9.23 Å². The van der Waals surface area contributed by atoms with Crippen molar-refractivity contribution >= 4 is 0 Å². The van der Waals surface area contributed by atoms with E-state index in [1.807, 2.05) is 0 Å². The number of unbranched alkanes of at least 4 members (excludes halogenated alkanes) is 3. The third kappa shape index (κ3) is 12.0. The summed E-state index contributed by atoms with van der Waals surface area (Å²) in [6.07, 6.45) is 7.78. The van der Waals surface area contributed by atoms with Gasteiger partial charge in [0.1, 0.15) is 0 Å². The van der Waals surface area contributed by atoms with Gasteiger partial charge in [0.15, 0.2) is 0 Å². The van der Waals surface area contributed by atoms with E-state index < -0.39 is 0 Å². The number of rotatable bonds is 9. The molecule has 0 heterocycles. The van der Waals surface area contributed by atoms with Crippen molar-refractivity contribution in [1.82, 2.24) is 0 Å². The second-order valence-electron chi connectivity index (χ2n) is 4.21. The summed E-state index contributed by atoms with van der Waals surface area (Å²) in [5.74, 6) is 0.862. The van der Waals surface area contributed by atoms with Gasteiger partial charge in [0.25, 0.3) is 0 Å². The fourth-order valence-electron chi connectivity index (χ4n) is 1.28. The Morgan fingerprint density at radius 1 is 0.923 bits per heavy atom. The first-order valence-electron chi connectivity index (χ1n) is 5.85. The van der Waals surface area contributed by atoms with Gasteiger partial charge in [-0.3, -0.25) is 0 Å². The first-order chi connectivity index (χ1) is 6.27.